The van der Waals surface area contributed by atoms with Crippen LogP contribution in [0.15, 0.2) is 47.2 Å². The Morgan fingerprint density at radius 2 is 2.13 bits per heavy atom. The van der Waals surface area contributed by atoms with Crippen molar-refractivity contribution in [2.24, 2.45) is 5.92 Å². The second-order valence-corrected chi connectivity index (χ2v) is 7.35. The fourth-order valence-electron chi connectivity index (χ4n) is 4.16. The Kier molecular flexibility index (Phi) is 4.19. The number of amides is 1. The summed E-state index contributed by atoms with van der Waals surface area (Å²) in [4.78, 5) is 15.3. The first-order chi connectivity index (χ1) is 11.3. The van der Waals surface area contributed by atoms with Gasteiger partial charge in [0.2, 0.25) is 5.91 Å². The molecular formula is C19H22N2OS. The van der Waals surface area contributed by atoms with Gasteiger partial charge < -0.3 is 5.32 Å². The van der Waals surface area contributed by atoms with Crippen molar-refractivity contribution in [1.82, 2.24) is 10.2 Å². The molecule has 0 saturated carbocycles. The first-order valence-electron chi connectivity index (χ1n) is 8.42. The molecule has 1 aromatic heterocycles. The smallest absolute Gasteiger partial charge is 0.225 e. The van der Waals surface area contributed by atoms with Crippen LogP contribution in [0.25, 0.3) is 0 Å². The number of carbonyl (C=O) groups is 1. The molecule has 23 heavy (non-hydrogen) atoms. The quantitative estimate of drug-likeness (QED) is 0.931. The summed E-state index contributed by atoms with van der Waals surface area (Å²) in [5.74, 6) is 0.355. The highest BCUT2D eigenvalue weighted by molar-refractivity contribution is 7.07. The summed E-state index contributed by atoms with van der Waals surface area (Å²) in [6.07, 6.45) is 3.31. The van der Waals surface area contributed by atoms with Crippen molar-refractivity contribution in [3.63, 3.8) is 0 Å². The molecule has 0 bridgehead atoms. The van der Waals surface area contributed by atoms with E-state index in [2.05, 4.69) is 57.4 Å². The van der Waals surface area contributed by atoms with Gasteiger partial charge in [-0.2, -0.15) is 11.3 Å². The Bertz CT molecular complexity index is 655. The van der Waals surface area contributed by atoms with E-state index in [0.717, 1.165) is 19.4 Å². The van der Waals surface area contributed by atoms with Gasteiger partial charge >= 0.3 is 0 Å². The van der Waals surface area contributed by atoms with Crippen molar-refractivity contribution in [1.29, 1.82) is 0 Å². The van der Waals surface area contributed by atoms with Crippen molar-refractivity contribution < 1.29 is 4.79 Å². The normalized spacial score (nSPS) is 27.0. The van der Waals surface area contributed by atoms with Crippen molar-refractivity contribution in [2.75, 3.05) is 6.54 Å². The first-order valence-corrected chi connectivity index (χ1v) is 9.36. The highest BCUT2D eigenvalue weighted by Gasteiger charge is 2.46. The molecule has 4 heteroatoms. The minimum absolute atomic E-state index is 0.126. The minimum Gasteiger partial charge on any atom is -0.352 e. The van der Waals surface area contributed by atoms with E-state index in [1.807, 2.05) is 0 Å². The molecule has 0 unspecified atom stereocenters. The van der Waals surface area contributed by atoms with Crippen LogP contribution >= 0.6 is 11.3 Å². The molecule has 0 aliphatic carbocycles. The summed E-state index contributed by atoms with van der Waals surface area (Å²) >= 11 is 1.68. The number of carbonyl (C=O) groups excluding carboxylic acids is 1. The average Bonchev–Trinajstić information content (AvgIpc) is 3.30. The molecular weight excluding hydrogens is 304 g/mol. The van der Waals surface area contributed by atoms with Crippen LogP contribution in [0.4, 0.5) is 0 Å². The zero-order valence-corrected chi connectivity index (χ0v) is 14.0. The number of hydrogen-bond acceptors (Lipinski definition) is 3. The van der Waals surface area contributed by atoms with E-state index in [1.165, 1.54) is 17.5 Å². The average molecular weight is 326 g/mol. The number of nitrogens with one attached hydrogen (secondary N) is 1. The summed E-state index contributed by atoms with van der Waals surface area (Å²) in [6, 6.07) is 13.6. The van der Waals surface area contributed by atoms with E-state index in [-0.39, 0.29) is 11.8 Å². The number of benzene rings is 1. The predicted molar refractivity (Wildman–Crippen MR) is 93.2 cm³/mol. The Morgan fingerprint density at radius 1 is 1.26 bits per heavy atom. The lowest BCUT2D eigenvalue weighted by molar-refractivity contribution is -0.125. The molecule has 3 heterocycles. The summed E-state index contributed by atoms with van der Waals surface area (Å²) < 4.78 is 0. The molecule has 4 rings (SSSR count). The van der Waals surface area contributed by atoms with Gasteiger partial charge in [-0.1, -0.05) is 30.3 Å². The third kappa shape index (κ3) is 2.93. The Balaban J connectivity index is 1.47. The Morgan fingerprint density at radius 3 is 2.91 bits per heavy atom. The van der Waals surface area contributed by atoms with Gasteiger partial charge in [-0.15, -0.1) is 0 Å². The fraction of sp³-hybridized carbons (Fsp3) is 0.421. The van der Waals surface area contributed by atoms with Crippen molar-refractivity contribution >= 4 is 17.2 Å². The lowest BCUT2D eigenvalue weighted by atomic mass is 9.93. The monoisotopic (exact) mass is 326 g/mol. The van der Waals surface area contributed by atoms with Crippen LogP contribution in [0.5, 0.6) is 0 Å². The van der Waals surface area contributed by atoms with Crippen LogP contribution in [0, 0.1) is 5.92 Å². The molecule has 0 spiro atoms. The van der Waals surface area contributed by atoms with E-state index in [9.17, 15) is 4.79 Å². The Hall–Kier alpha value is -1.65. The van der Waals surface area contributed by atoms with Crippen molar-refractivity contribution in [3.05, 3.63) is 58.3 Å². The minimum atomic E-state index is 0.126. The van der Waals surface area contributed by atoms with Crippen LogP contribution in [0.3, 0.4) is 0 Å². The molecule has 3 atom stereocenters. The van der Waals surface area contributed by atoms with Gasteiger partial charge in [0, 0.05) is 18.6 Å². The predicted octanol–water partition coefficient (Wildman–Crippen LogP) is 3.59. The summed E-state index contributed by atoms with van der Waals surface area (Å²) in [5.41, 5.74) is 2.55. The van der Waals surface area contributed by atoms with Gasteiger partial charge in [-0.05, 0) is 53.8 Å². The van der Waals surface area contributed by atoms with Crippen molar-refractivity contribution in [2.45, 2.75) is 37.9 Å². The molecule has 0 radical (unpaired) electrons. The summed E-state index contributed by atoms with van der Waals surface area (Å²) in [7, 11) is 0. The van der Waals surface area contributed by atoms with Gasteiger partial charge in [0.15, 0.2) is 0 Å². The molecule has 1 aromatic carbocycles. The zero-order chi connectivity index (χ0) is 15.6. The number of hydrogen-bond donors (Lipinski definition) is 1. The van der Waals surface area contributed by atoms with E-state index in [4.69, 9.17) is 0 Å². The second kappa shape index (κ2) is 6.46. The standard InChI is InChI=1S/C19H22N2OS/c22-19(20-12-14-8-10-23-13-14)16-11-18(15-5-2-1-3-6-15)21-9-4-7-17(16)21/h1-3,5-6,8,10,13,16-18H,4,7,9,11-12H2,(H,20,22)/t16-,17+,18-/m1/s1. The molecule has 2 aliphatic heterocycles. The molecule has 1 amide bonds. The van der Waals surface area contributed by atoms with E-state index >= 15 is 0 Å². The van der Waals surface area contributed by atoms with E-state index in [0.29, 0.717) is 18.6 Å². The van der Waals surface area contributed by atoms with Gasteiger partial charge in [0.25, 0.3) is 0 Å². The third-order valence-corrected chi connectivity index (χ3v) is 5.98. The molecule has 2 fully saturated rings. The maximum absolute atomic E-state index is 12.7. The molecule has 3 nitrogen and oxygen atoms in total. The lowest BCUT2D eigenvalue weighted by Gasteiger charge is -2.24. The second-order valence-electron chi connectivity index (χ2n) is 6.57. The summed E-state index contributed by atoms with van der Waals surface area (Å²) in [5, 5.41) is 7.31. The molecule has 2 aliphatic rings. The maximum atomic E-state index is 12.7. The first kappa shape index (κ1) is 14.9. The topological polar surface area (TPSA) is 32.3 Å². The van der Waals surface area contributed by atoms with Crippen LogP contribution in [-0.2, 0) is 11.3 Å². The summed E-state index contributed by atoms with van der Waals surface area (Å²) in [6.45, 7) is 1.78. The SMILES string of the molecule is O=C(NCc1ccsc1)[C@@H]1C[C@H](c2ccccc2)N2CCC[C@@H]12. The van der Waals surface area contributed by atoms with Gasteiger partial charge in [-0.25, -0.2) is 0 Å². The van der Waals surface area contributed by atoms with Crippen LogP contribution in [0.1, 0.15) is 36.4 Å². The van der Waals surface area contributed by atoms with Gasteiger partial charge in [0.1, 0.15) is 0 Å². The number of thiophene rings is 1. The van der Waals surface area contributed by atoms with E-state index < -0.39 is 0 Å². The van der Waals surface area contributed by atoms with Crippen molar-refractivity contribution in [3.8, 4) is 0 Å². The maximum Gasteiger partial charge on any atom is 0.225 e. The van der Waals surface area contributed by atoms with Crippen LogP contribution < -0.4 is 5.32 Å². The lowest BCUT2D eigenvalue weighted by Crippen LogP contribution is -2.37. The highest BCUT2D eigenvalue weighted by atomic mass is 32.1. The number of fused-ring (bicyclic) bond motifs is 1. The highest BCUT2D eigenvalue weighted by Crippen LogP contribution is 2.44. The van der Waals surface area contributed by atoms with Gasteiger partial charge in [0.05, 0.1) is 5.92 Å². The third-order valence-electron chi connectivity index (χ3n) is 5.25. The zero-order valence-electron chi connectivity index (χ0n) is 13.2. The molecule has 1 N–H and O–H groups in total. The van der Waals surface area contributed by atoms with Crippen LogP contribution in [-0.4, -0.2) is 23.4 Å². The fourth-order valence-corrected chi connectivity index (χ4v) is 4.83. The van der Waals surface area contributed by atoms with Gasteiger partial charge in [-0.3, -0.25) is 9.69 Å². The molecule has 2 saturated heterocycles. The number of rotatable bonds is 4. The number of nitrogens with zero attached hydrogens (tertiary/aromatic N) is 1. The molecule has 120 valence electrons. The van der Waals surface area contributed by atoms with E-state index in [1.54, 1.807) is 11.3 Å². The largest absolute Gasteiger partial charge is 0.352 e. The Labute approximate surface area is 141 Å². The molecule has 2 aromatic rings. The van der Waals surface area contributed by atoms with Crippen LogP contribution in [0.2, 0.25) is 0 Å².